The van der Waals surface area contributed by atoms with E-state index in [-0.39, 0.29) is 11.8 Å². The highest BCUT2D eigenvalue weighted by atomic mass is 19.1. The van der Waals surface area contributed by atoms with E-state index in [0.29, 0.717) is 5.39 Å². The maximum Gasteiger partial charge on any atom is 0.150 e. The average molecular weight is 245 g/mol. The molecule has 0 spiro atoms. The maximum absolute atomic E-state index is 13.5. The van der Waals surface area contributed by atoms with Gasteiger partial charge in [-0.25, -0.2) is 9.07 Å². The molecule has 0 aliphatic carbocycles. The van der Waals surface area contributed by atoms with E-state index in [0.717, 1.165) is 31.4 Å². The Hall–Kier alpha value is -1.93. The van der Waals surface area contributed by atoms with Crippen molar-refractivity contribution in [3.05, 3.63) is 29.7 Å². The minimum absolute atomic E-state index is 0.0417. The van der Waals surface area contributed by atoms with Crippen LogP contribution in [0.25, 0.3) is 10.9 Å². The van der Waals surface area contributed by atoms with Gasteiger partial charge < -0.3 is 4.74 Å². The van der Waals surface area contributed by atoms with Crippen LogP contribution in [-0.4, -0.2) is 16.4 Å². The summed E-state index contributed by atoms with van der Waals surface area (Å²) in [5.41, 5.74) is 0.792. The second kappa shape index (κ2) is 4.39. The van der Waals surface area contributed by atoms with Crippen molar-refractivity contribution in [1.82, 2.24) is 9.78 Å². The summed E-state index contributed by atoms with van der Waals surface area (Å²) in [4.78, 5) is 0. The highest BCUT2D eigenvalue weighted by Gasteiger charge is 2.19. The molecule has 0 saturated carbocycles. The third kappa shape index (κ3) is 1.75. The van der Waals surface area contributed by atoms with E-state index in [2.05, 4.69) is 5.10 Å². The van der Waals surface area contributed by atoms with Crippen LogP contribution in [0, 0.1) is 17.1 Å². The van der Waals surface area contributed by atoms with Gasteiger partial charge in [-0.05, 0) is 31.4 Å². The zero-order valence-electron chi connectivity index (χ0n) is 9.77. The van der Waals surface area contributed by atoms with Crippen LogP contribution in [0.15, 0.2) is 18.3 Å². The molecule has 1 aliphatic heterocycles. The van der Waals surface area contributed by atoms with Crippen molar-refractivity contribution in [2.75, 3.05) is 6.61 Å². The smallest absolute Gasteiger partial charge is 0.150 e. The van der Waals surface area contributed by atoms with Gasteiger partial charge in [-0.3, -0.25) is 0 Å². The molecule has 1 fully saturated rings. The largest absolute Gasteiger partial charge is 0.356 e. The molecule has 1 aromatic heterocycles. The second-order valence-corrected chi connectivity index (χ2v) is 4.41. The number of rotatable bonds is 1. The van der Waals surface area contributed by atoms with E-state index in [9.17, 15) is 4.39 Å². The predicted octanol–water partition coefficient (Wildman–Crippen LogP) is 2.75. The third-order valence-corrected chi connectivity index (χ3v) is 3.23. The van der Waals surface area contributed by atoms with Crippen LogP contribution in [-0.2, 0) is 4.74 Å². The molecule has 1 unspecified atom stereocenters. The Labute approximate surface area is 104 Å². The van der Waals surface area contributed by atoms with Crippen LogP contribution >= 0.6 is 0 Å². The lowest BCUT2D eigenvalue weighted by Crippen LogP contribution is -2.19. The molecule has 0 radical (unpaired) electrons. The second-order valence-electron chi connectivity index (χ2n) is 4.41. The molecule has 1 saturated heterocycles. The molecule has 92 valence electrons. The van der Waals surface area contributed by atoms with E-state index in [1.54, 1.807) is 10.9 Å². The third-order valence-electron chi connectivity index (χ3n) is 3.23. The quantitative estimate of drug-likeness (QED) is 0.776. The Morgan fingerprint density at radius 3 is 3.06 bits per heavy atom. The summed E-state index contributed by atoms with van der Waals surface area (Å²) in [5.74, 6) is -0.505. The lowest BCUT2D eigenvalue weighted by atomic mass is 10.1. The fraction of sp³-hybridized carbons (Fsp3) is 0.385. The van der Waals surface area contributed by atoms with Crippen molar-refractivity contribution in [3.63, 3.8) is 0 Å². The number of benzene rings is 1. The summed E-state index contributed by atoms with van der Waals surface area (Å²) in [5, 5.41) is 13.8. The van der Waals surface area contributed by atoms with Crippen molar-refractivity contribution < 1.29 is 9.13 Å². The first-order valence-corrected chi connectivity index (χ1v) is 5.98. The van der Waals surface area contributed by atoms with E-state index in [1.807, 2.05) is 6.07 Å². The molecule has 5 heteroatoms. The summed E-state index contributed by atoms with van der Waals surface area (Å²) in [6, 6.07) is 4.74. The van der Waals surface area contributed by atoms with Gasteiger partial charge in [0.2, 0.25) is 0 Å². The molecular formula is C13H12FN3O. The Morgan fingerprint density at radius 2 is 2.33 bits per heavy atom. The first kappa shape index (κ1) is 11.2. The topological polar surface area (TPSA) is 50.8 Å². The Bertz CT molecular complexity index is 623. The van der Waals surface area contributed by atoms with Gasteiger partial charge in [0.25, 0.3) is 0 Å². The Kier molecular flexibility index (Phi) is 2.73. The Morgan fingerprint density at radius 1 is 1.44 bits per heavy atom. The highest BCUT2D eigenvalue weighted by molar-refractivity contribution is 5.80. The van der Waals surface area contributed by atoms with E-state index >= 15 is 0 Å². The highest BCUT2D eigenvalue weighted by Crippen LogP contribution is 2.27. The standard InChI is InChI=1S/C13H12FN3O/c14-11-5-10-8-16-17(12(10)6-9(11)7-15)13-3-1-2-4-18-13/h5-6,8,13H,1-4H2. The zero-order chi connectivity index (χ0) is 12.5. The van der Waals surface area contributed by atoms with Crippen LogP contribution in [0.2, 0.25) is 0 Å². The molecule has 2 heterocycles. The number of fused-ring (bicyclic) bond motifs is 1. The number of nitrogens with zero attached hydrogens (tertiary/aromatic N) is 3. The normalized spacial score (nSPS) is 19.9. The zero-order valence-corrected chi connectivity index (χ0v) is 9.77. The average Bonchev–Trinajstić information content (AvgIpc) is 2.81. The number of aromatic nitrogens is 2. The SMILES string of the molecule is N#Cc1cc2c(cnn2C2CCCCO2)cc1F. The molecule has 0 bridgehead atoms. The first-order chi connectivity index (χ1) is 8.79. The number of hydrogen-bond acceptors (Lipinski definition) is 3. The van der Waals surface area contributed by atoms with Crippen LogP contribution in [0.1, 0.15) is 31.1 Å². The Balaban J connectivity index is 2.10. The summed E-state index contributed by atoms with van der Waals surface area (Å²) < 4.78 is 20.9. The van der Waals surface area contributed by atoms with E-state index < -0.39 is 5.82 Å². The van der Waals surface area contributed by atoms with Gasteiger partial charge in [0.1, 0.15) is 11.9 Å². The van der Waals surface area contributed by atoms with Gasteiger partial charge in [0, 0.05) is 12.0 Å². The molecule has 4 nitrogen and oxygen atoms in total. The number of hydrogen-bond donors (Lipinski definition) is 0. The van der Waals surface area contributed by atoms with E-state index in [4.69, 9.17) is 10.00 Å². The summed E-state index contributed by atoms with van der Waals surface area (Å²) in [6.07, 6.45) is 4.56. The van der Waals surface area contributed by atoms with Crippen molar-refractivity contribution in [1.29, 1.82) is 5.26 Å². The molecule has 0 N–H and O–H groups in total. The molecule has 1 aliphatic rings. The van der Waals surface area contributed by atoms with Gasteiger partial charge in [-0.1, -0.05) is 0 Å². The molecule has 1 aromatic carbocycles. The van der Waals surface area contributed by atoms with Crippen LogP contribution in [0.4, 0.5) is 4.39 Å². The molecule has 1 atom stereocenters. The van der Waals surface area contributed by atoms with Crippen LogP contribution < -0.4 is 0 Å². The van der Waals surface area contributed by atoms with Crippen molar-refractivity contribution >= 4 is 10.9 Å². The molecular weight excluding hydrogens is 233 g/mol. The monoisotopic (exact) mass is 245 g/mol. The van der Waals surface area contributed by atoms with Gasteiger partial charge in [-0.2, -0.15) is 10.4 Å². The minimum Gasteiger partial charge on any atom is -0.356 e. The fourth-order valence-electron chi connectivity index (χ4n) is 2.30. The maximum atomic E-state index is 13.5. The lowest BCUT2D eigenvalue weighted by Gasteiger charge is -2.23. The van der Waals surface area contributed by atoms with Gasteiger partial charge in [0.05, 0.1) is 17.3 Å². The van der Waals surface area contributed by atoms with Gasteiger partial charge in [0.15, 0.2) is 6.23 Å². The van der Waals surface area contributed by atoms with E-state index in [1.165, 1.54) is 12.1 Å². The fourth-order valence-corrected chi connectivity index (χ4v) is 2.30. The number of ether oxygens (including phenoxy) is 1. The summed E-state index contributed by atoms with van der Waals surface area (Å²) >= 11 is 0. The molecule has 0 amide bonds. The summed E-state index contributed by atoms with van der Waals surface area (Å²) in [6.45, 7) is 0.721. The number of nitriles is 1. The van der Waals surface area contributed by atoms with Crippen molar-refractivity contribution in [3.8, 4) is 6.07 Å². The molecule has 2 aromatic rings. The van der Waals surface area contributed by atoms with Crippen LogP contribution in [0.3, 0.4) is 0 Å². The summed E-state index contributed by atoms with van der Waals surface area (Å²) in [7, 11) is 0. The predicted molar refractivity (Wildman–Crippen MR) is 63.2 cm³/mol. The van der Waals surface area contributed by atoms with Crippen LogP contribution in [0.5, 0.6) is 0 Å². The lowest BCUT2D eigenvalue weighted by molar-refractivity contribution is -0.0366. The van der Waals surface area contributed by atoms with Gasteiger partial charge >= 0.3 is 0 Å². The molecule has 18 heavy (non-hydrogen) atoms. The number of halogens is 1. The van der Waals surface area contributed by atoms with Crippen molar-refractivity contribution in [2.45, 2.75) is 25.5 Å². The molecule has 3 rings (SSSR count). The first-order valence-electron chi connectivity index (χ1n) is 5.98. The minimum atomic E-state index is -0.505. The van der Waals surface area contributed by atoms with Gasteiger partial charge in [-0.15, -0.1) is 0 Å². The van der Waals surface area contributed by atoms with Crippen molar-refractivity contribution in [2.24, 2.45) is 0 Å².